The van der Waals surface area contributed by atoms with Crippen molar-refractivity contribution in [2.24, 2.45) is 5.92 Å². The average Bonchev–Trinajstić information content (AvgIpc) is 2.93. The highest BCUT2D eigenvalue weighted by molar-refractivity contribution is 5.95. The molecule has 0 aromatic rings. The van der Waals surface area contributed by atoms with Crippen molar-refractivity contribution >= 4 is 11.8 Å². The summed E-state index contributed by atoms with van der Waals surface area (Å²) in [7, 11) is 0. The van der Waals surface area contributed by atoms with Gasteiger partial charge in [-0.15, -0.1) is 0 Å². The molecule has 0 bridgehead atoms. The van der Waals surface area contributed by atoms with Crippen LogP contribution in [0.5, 0.6) is 0 Å². The monoisotopic (exact) mass is 281 g/mol. The number of nitrogens with zero attached hydrogens (tertiary/aromatic N) is 2. The van der Waals surface area contributed by atoms with Gasteiger partial charge in [0, 0.05) is 19.1 Å². The molecule has 114 valence electrons. The number of carbonyl (C=O) groups is 2. The van der Waals surface area contributed by atoms with Gasteiger partial charge in [0.05, 0.1) is 6.54 Å². The molecule has 0 aromatic heterocycles. The van der Waals surface area contributed by atoms with Crippen LogP contribution in [0.2, 0.25) is 0 Å². The third-order valence-corrected chi connectivity index (χ3v) is 4.71. The molecule has 0 radical (unpaired) electrons. The number of likely N-dealkylation sites (N-methyl/N-ethyl adjacent to an activating group) is 1. The van der Waals surface area contributed by atoms with Crippen LogP contribution in [-0.4, -0.2) is 59.9 Å². The molecule has 2 amide bonds. The molecule has 2 heterocycles. The Bertz CT molecular complexity index is 372. The Morgan fingerprint density at radius 3 is 2.75 bits per heavy atom. The van der Waals surface area contributed by atoms with E-state index in [9.17, 15) is 9.59 Å². The average molecular weight is 281 g/mol. The minimum atomic E-state index is -0.185. The number of hydrogen-bond donors (Lipinski definition) is 1. The van der Waals surface area contributed by atoms with E-state index in [1.165, 1.54) is 0 Å². The summed E-state index contributed by atoms with van der Waals surface area (Å²) >= 11 is 0. The number of fused-ring (bicyclic) bond motifs is 1. The van der Waals surface area contributed by atoms with Crippen LogP contribution >= 0.6 is 0 Å². The maximum Gasteiger partial charge on any atom is 0.245 e. The fourth-order valence-corrected chi connectivity index (χ4v) is 3.25. The lowest BCUT2D eigenvalue weighted by atomic mass is 9.97. The zero-order valence-electron chi connectivity index (χ0n) is 12.9. The molecule has 2 rings (SSSR count). The molecule has 2 fully saturated rings. The van der Waals surface area contributed by atoms with Gasteiger partial charge in [0.1, 0.15) is 6.04 Å². The van der Waals surface area contributed by atoms with E-state index in [0.717, 1.165) is 32.4 Å². The van der Waals surface area contributed by atoms with Crippen molar-refractivity contribution in [2.75, 3.05) is 26.2 Å². The number of rotatable bonds is 6. The van der Waals surface area contributed by atoms with Crippen LogP contribution in [-0.2, 0) is 9.59 Å². The summed E-state index contributed by atoms with van der Waals surface area (Å²) in [5.74, 6) is 0.763. The fourth-order valence-electron chi connectivity index (χ4n) is 3.25. The van der Waals surface area contributed by atoms with Crippen molar-refractivity contribution in [1.29, 1.82) is 0 Å². The fraction of sp³-hybridized carbons (Fsp3) is 0.867. The largest absolute Gasteiger partial charge is 0.330 e. The van der Waals surface area contributed by atoms with E-state index in [1.54, 1.807) is 9.80 Å². The Balaban J connectivity index is 2.03. The number of piperazine rings is 1. The predicted octanol–water partition coefficient (Wildman–Crippen LogP) is 0.844. The maximum absolute atomic E-state index is 12.5. The SMILES string of the molecule is CCNC(CN1CC(=O)N2CCCC2C1=O)C(C)CC. The van der Waals surface area contributed by atoms with E-state index in [1.807, 2.05) is 0 Å². The second kappa shape index (κ2) is 6.57. The van der Waals surface area contributed by atoms with Crippen LogP contribution in [0.1, 0.15) is 40.0 Å². The molecule has 3 unspecified atom stereocenters. The predicted molar refractivity (Wildman–Crippen MR) is 78.2 cm³/mol. The highest BCUT2D eigenvalue weighted by atomic mass is 16.2. The minimum Gasteiger partial charge on any atom is -0.330 e. The first-order valence-electron chi connectivity index (χ1n) is 7.90. The first-order valence-corrected chi connectivity index (χ1v) is 7.90. The van der Waals surface area contributed by atoms with Crippen molar-refractivity contribution in [3.8, 4) is 0 Å². The van der Waals surface area contributed by atoms with Gasteiger partial charge in [-0.2, -0.15) is 0 Å². The molecule has 20 heavy (non-hydrogen) atoms. The van der Waals surface area contributed by atoms with E-state index in [-0.39, 0.29) is 30.4 Å². The summed E-state index contributed by atoms with van der Waals surface area (Å²) in [6.07, 6.45) is 2.86. The molecule has 0 aromatic carbocycles. The Hall–Kier alpha value is -1.10. The molecular weight excluding hydrogens is 254 g/mol. The first kappa shape index (κ1) is 15.3. The molecule has 0 aliphatic carbocycles. The lowest BCUT2D eigenvalue weighted by Gasteiger charge is -2.39. The van der Waals surface area contributed by atoms with Gasteiger partial charge >= 0.3 is 0 Å². The van der Waals surface area contributed by atoms with Crippen molar-refractivity contribution < 1.29 is 9.59 Å². The zero-order valence-corrected chi connectivity index (χ0v) is 12.9. The van der Waals surface area contributed by atoms with Crippen LogP contribution in [0, 0.1) is 5.92 Å². The summed E-state index contributed by atoms with van der Waals surface area (Å²) in [6, 6.07) is 0.0881. The van der Waals surface area contributed by atoms with Gasteiger partial charge in [-0.3, -0.25) is 9.59 Å². The molecule has 2 saturated heterocycles. The highest BCUT2D eigenvalue weighted by Crippen LogP contribution is 2.24. The first-order chi connectivity index (χ1) is 9.58. The van der Waals surface area contributed by atoms with Crippen molar-refractivity contribution in [3.05, 3.63) is 0 Å². The zero-order chi connectivity index (χ0) is 14.7. The second-order valence-corrected chi connectivity index (χ2v) is 6.01. The summed E-state index contributed by atoms with van der Waals surface area (Å²) in [4.78, 5) is 28.2. The van der Waals surface area contributed by atoms with Gasteiger partial charge in [0.25, 0.3) is 0 Å². The molecule has 0 saturated carbocycles. The summed E-state index contributed by atoms with van der Waals surface area (Å²) in [6.45, 7) is 9.00. The lowest BCUT2D eigenvalue weighted by molar-refractivity contribution is -0.154. The van der Waals surface area contributed by atoms with E-state index >= 15 is 0 Å². The van der Waals surface area contributed by atoms with Gasteiger partial charge in [-0.1, -0.05) is 27.2 Å². The van der Waals surface area contributed by atoms with Crippen LogP contribution in [0.25, 0.3) is 0 Å². The molecule has 0 spiro atoms. The van der Waals surface area contributed by atoms with Gasteiger partial charge in [0.2, 0.25) is 11.8 Å². The highest BCUT2D eigenvalue weighted by Gasteiger charge is 2.42. The second-order valence-electron chi connectivity index (χ2n) is 6.01. The topological polar surface area (TPSA) is 52.7 Å². The minimum absolute atomic E-state index is 0.117. The van der Waals surface area contributed by atoms with Gasteiger partial charge in [-0.05, 0) is 25.3 Å². The van der Waals surface area contributed by atoms with E-state index in [0.29, 0.717) is 12.5 Å². The normalized spacial score (nSPS) is 25.9. The number of amides is 2. The summed E-state index contributed by atoms with van der Waals surface area (Å²) in [5.41, 5.74) is 0. The molecule has 2 aliphatic rings. The third kappa shape index (κ3) is 2.97. The van der Waals surface area contributed by atoms with Gasteiger partial charge in [0.15, 0.2) is 0 Å². The summed E-state index contributed by atoms with van der Waals surface area (Å²) in [5, 5.41) is 3.46. The standard InChI is InChI=1S/C15H27N3O2/c1-4-11(3)12(16-5-2)9-17-10-14(19)18-8-6-7-13(18)15(17)20/h11-13,16H,4-10H2,1-3H3. The third-order valence-electron chi connectivity index (χ3n) is 4.71. The molecule has 5 heteroatoms. The molecular formula is C15H27N3O2. The lowest BCUT2D eigenvalue weighted by Crippen LogP contribution is -2.60. The Kier molecular flexibility index (Phi) is 5.02. The Labute approximate surface area is 121 Å². The van der Waals surface area contributed by atoms with E-state index in [2.05, 4.69) is 26.1 Å². The number of carbonyl (C=O) groups excluding carboxylic acids is 2. The van der Waals surface area contributed by atoms with Crippen LogP contribution in [0.4, 0.5) is 0 Å². The Morgan fingerprint density at radius 1 is 1.35 bits per heavy atom. The molecule has 1 N–H and O–H groups in total. The van der Waals surface area contributed by atoms with Crippen molar-refractivity contribution in [2.45, 2.75) is 52.1 Å². The number of nitrogens with one attached hydrogen (secondary N) is 1. The maximum atomic E-state index is 12.5. The summed E-state index contributed by atoms with van der Waals surface area (Å²) < 4.78 is 0. The van der Waals surface area contributed by atoms with Crippen LogP contribution < -0.4 is 5.32 Å². The molecule has 3 atom stereocenters. The van der Waals surface area contributed by atoms with Gasteiger partial charge in [-0.25, -0.2) is 0 Å². The quantitative estimate of drug-likeness (QED) is 0.785. The van der Waals surface area contributed by atoms with Gasteiger partial charge < -0.3 is 15.1 Å². The smallest absolute Gasteiger partial charge is 0.245 e. The van der Waals surface area contributed by atoms with Crippen LogP contribution in [0.3, 0.4) is 0 Å². The Morgan fingerprint density at radius 2 is 2.10 bits per heavy atom. The van der Waals surface area contributed by atoms with Crippen LogP contribution in [0.15, 0.2) is 0 Å². The van der Waals surface area contributed by atoms with Crippen molar-refractivity contribution in [1.82, 2.24) is 15.1 Å². The van der Waals surface area contributed by atoms with Crippen molar-refractivity contribution in [3.63, 3.8) is 0 Å². The van der Waals surface area contributed by atoms with E-state index in [4.69, 9.17) is 0 Å². The molecule has 2 aliphatic heterocycles. The molecule has 5 nitrogen and oxygen atoms in total. The van der Waals surface area contributed by atoms with E-state index < -0.39 is 0 Å². The number of hydrogen-bond acceptors (Lipinski definition) is 3.